The molecule has 0 atom stereocenters. The highest BCUT2D eigenvalue weighted by atomic mass is 19.1. The van der Waals surface area contributed by atoms with Gasteiger partial charge in [0.25, 0.3) is 0 Å². The summed E-state index contributed by atoms with van der Waals surface area (Å²) in [6.07, 6.45) is 0. The van der Waals surface area contributed by atoms with Crippen LogP contribution in [0.25, 0.3) is 0 Å². The number of aliphatic imine (C=N–C) groups is 1. The van der Waals surface area contributed by atoms with Gasteiger partial charge in [-0.1, -0.05) is 0 Å². The van der Waals surface area contributed by atoms with Crippen molar-refractivity contribution in [2.75, 3.05) is 6.54 Å². The van der Waals surface area contributed by atoms with Crippen LogP contribution in [0.5, 0.6) is 0 Å². The van der Waals surface area contributed by atoms with Crippen molar-refractivity contribution < 1.29 is 8.78 Å². The largest absolute Gasteiger partial charge is 0.357 e. The molecular weight excluding hydrogens is 236 g/mol. The Morgan fingerprint density at radius 1 is 1.33 bits per heavy atom. The molecule has 0 saturated heterocycles. The van der Waals surface area contributed by atoms with Gasteiger partial charge in [-0.2, -0.15) is 0 Å². The van der Waals surface area contributed by atoms with Crippen molar-refractivity contribution in [1.29, 1.82) is 0 Å². The molecule has 1 rings (SSSR count). The predicted octanol–water partition coefficient (Wildman–Crippen LogP) is 2.43. The smallest absolute Gasteiger partial charge is 0.191 e. The predicted molar refractivity (Wildman–Crippen MR) is 69.4 cm³/mol. The Labute approximate surface area is 106 Å². The maximum absolute atomic E-state index is 13.4. The summed E-state index contributed by atoms with van der Waals surface area (Å²) in [6, 6.07) is 3.60. The summed E-state index contributed by atoms with van der Waals surface area (Å²) in [5.74, 6) is -0.305. The van der Waals surface area contributed by atoms with Gasteiger partial charge in [0, 0.05) is 18.2 Å². The Morgan fingerprint density at radius 3 is 2.67 bits per heavy atom. The third-order valence-corrected chi connectivity index (χ3v) is 2.18. The lowest BCUT2D eigenvalue weighted by atomic mass is 10.2. The molecule has 2 N–H and O–H groups in total. The van der Waals surface area contributed by atoms with Crippen LogP contribution >= 0.6 is 0 Å². The van der Waals surface area contributed by atoms with Crippen molar-refractivity contribution in [2.24, 2.45) is 4.99 Å². The minimum atomic E-state index is -0.455. The van der Waals surface area contributed by atoms with Crippen molar-refractivity contribution in [3.63, 3.8) is 0 Å². The summed E-state index contributed by atoms with van der Waals surface area (Å²) in [5, 5.41) is 6.15. The highest BCUT2D eigenvalue weighted by Gasteiger charge is 2.04. The molecule has 0 aliphatic heterocycles. The lowest BCUT2D eigenvalue weighted by Crippen LogP contribution is -2.41. The van der Waals surface area contributed by atoms with Crippen LogP contribution in [0.3, 0.4) is 0 Å². The number of rotatable bonds is 4. The highest BCUT2D eigenvalue weighted by Crippen LogP contribution is 2.10. The Balaban J connectivity index is 2.77. The SMILES string of the molecule is CCNC(=NCc1cc(F)ccc1F)NC(C)C. The fraction of sp³-hybridized carbons (Fsp3) is 0.462. The third kappa shape index (κ3) is 4.69. The molecule has 3 nitrogen and oxygen atoms in total. The zero-order valence-corrected chi connectivity index (χ0v) is 10.9. The maximum Gasteiger partial charge on any atom is 0.191 e. The Hall–Kier alpha value is -1.65. The summed E-state index contributed by atoms with van der Waals surface area (Å²) in [5.41, 5.74) is 0.246. The average Bonchev–Trinajstić information content (AvgIpc) is 2.29. The Kier molecular flexibility index (Phi) is 5.55. The molecule has 0 aliphatic rings. The van der Waals surface area contributed by atoms with E-state index in [0.29, 0.717) is 12.5 Å². The maximum atomic E-state index is 13.4. The van der Waals surface area contributed by atoms with E-state index in [-0.39, 0.29) is 18.2 Å². The molecule has 1 aromatic carbocycles. The number of nitrogens with one attached hydrogen (secondary N) is 2. The minimum Gasteiger partial charge on any atom is -0.357 e. The summed E-state index contributed by atoms with van der Waals surface area (Å²) >= 11 is 0. The zero-order chi connectivity index (χ0) is 13.5. The van der Waals surface area contributed by atoms with E-state index in [4.69, 9.17) is 0 Å². The van der Waals surface area contributed by atoms with E-state index in [1.165, 1.54) is 0 Å². The summed E-state index contributed by atoms with van der Waals surface area (Å²) < 4.78 is 26.4. The second-order valence-electron chi connectivity index (χ2n) is 4.23. The molecule has 0 radical (unpaired) electrons. The van der Waals surface area contributed by atoms with Crippen molar-refractivity contribution in [2.45, 2.75) is 33.4 Å². The van der Waals surface area contributed by atoms with Crippen molar-refractivity contribution in [1.82, 2.24) is 10.6 Å². The first-order valence-corrected chi connectivity index (χ1v) is 6.01. The van der Waals surface area contributed by atoms with Crippen LogP contribution < -0.4 is 10.6 Å². The third-order valence-electron chi connectivity index (χ3n) is 2.18. The van der Waals surface area contributed by atoms with Crippen molar-refractivity contribution >= 4 is 5.96 Å². The minimum absolute atomic E-state index is 0.103. The van der Waals surface area contributed by atoms with Gasteiger partial charge in [0.15, 0.2) is 5.96 Å². The molecule has 0 bridgehead atoms. The molecule has 0 spiro atoms. The average molecular weight is 255 g/mol. The topological polar surface area (TPSA) is 36.4 Å². The lowest BCUT2D eigenvalue weighted by Gasteiger charge is -2.14. The number of halogens is 2. The van der Waals surface area contributed by atoms with E-state index in [1.807, 2.05) is 20.8 Å². The molecule has 0 aromatic heterocycles. The Morgan fingerprint density at radius 2 is 2.06 bits per heavy atom. The molecule has 5 heteroatoms. The molecule has 100 valence electrons. The highest BCUT2D eigenvalue weighted by molar-refractivity contribution is 5.79. The number of benzene rings is 1. The lowest BCUT2D eigenvalue weighted by molar-refractivity contribution is 0.585. The van der Waals surface area contributed by atoms with Gasteiger partial charge in [-0.15, -0.1) is 0 Å². The van der Waals surface area contributed by atoms with Gasteiger partial charge >= 0.3 is 0 Å². The summed E-state index contributed by atoms with van der Waals surface area (Å²) in [6.45, 7) is 6.72. The van der Waals surface area contributed by atoms with E-state index < -0.39 is 11.6 Å². The number of nitrogens with zero attached hydrogens (tertiary/aromatic N) is 1. The molecule has 1 aromatic rings. The van der Waals surface area contributed by atoms with Crippen LogP contribution in [0.2, 0.25) is 0 Å². The molecule has 18 heavy (non-hydrogen) atoms. The molecule has 0 unspecified atom stereocenters. The zero-order valence-electron chi connectivity index (χ0n) is 10.9. The van der Waals surface area contributed by atoms with E-state index in [2.05, 4.69) is 15.6 Å². The first-order valence-electron chi connectivity index (χ1n) is 6.01. The summed E-state index contributed by atoms with van der Waals surface area (Å²) in [4.78, 5) is 4.21. The van der Waals surface area contributed by atoms with Gasteiger partial charge in [0.2, 0.25) is 0 Å². The first-order chi connectivity index (χ1) is 8.52. The van der Waals surface area contributed by atoms with Gasteiger partial charge in [-0.25, -0.2) is 13.8 Å². The van der Waals surface area contributed by atoms with Crippen LogP contribution in [-0.2, 0) is 6.54 Å². The molecule has 0 heterocycles. The second-order valence-corrected chi connectivity index (χ2v) is 4.23. The van der Waals surface area contributed by atoms with Crippen molar-refractivity contribution in [3.05, 3.63) is 35.4 Å². The molecule has 0 aliphatic carbocycles. The number of hydrogen-bond acceptors (Lipinski definition) is 1. The molecule has 0 saturated carbocycles. The van der Waals surface area contributed by atoms with Crippen LogP contribution in [0.1, 0.15) is 26.3 Å². The van der Waals surface area contributed by atoms with E-state index in [9.17, 15) is 8.78 Å². The molecule has 0 fully saturated rings. The van der Waals surface area contributed by atoms with Crippen LogP contribution in [-0.4, -0.2) is 18.5 Å². The standard InChI is InChI=1S/C13H19F2N3/c1-4-16-13(18-9(2)3)17-8-10-7-11(14)5-6-12(10)15/h5-7,9H,4,8H2,1-3H3,(H2,16,17,18). The van der Waals surface area contributed by atoms with Crippen LogP contribution in [0, 0.1) is 11.6 Å². The van der Waals surface area contributed by atoms with Gasteiger partial charge in [-0.3, -0.25) is 0 Å². The van der Waals surface area contributed by atoms with Crippen LogP contribution in [0.15, 0.2) is 23.2 Å². The van der Waals surface area contributed by atoms with Gasteiger partial charge in [0.05, 0.1) is 6.54 Å². The molecular formula is C13H19F2N3. The number of guanidine groups is 1. The van der Waals surface area contributed by atoms with E-state index in [0.717, 1.165) is 18.2 Å². The Bertz CT molecular complexity index is 417. The second kappa shape index (κ2) is 6.93. The van der Waals surface area contributed by atoms with E-state index >= 15 is 0 Å². The van der Waals surface area contributed by atoms with Gasteiger partial charge < -0.3 is 10.6 Å². The summed E-state index contributed by atoms with van der Waals surface area (Å²) in [7, 11) is 0. The molecule has 0 amide bonds. The fourth-order valence-corrected chi connectivity index (χ4v) is 1.42. The number of hydrogen-bond donors (Lipinski definition) is 2. The fourth-order valence-electron chi connectivity index (χ4n) is 1.42. The van der Waals surface area contributed by atoms with Gasteiger partial charge in [-0.05, 0) is 39.0 Å². The first kappa shape index (κ1) is 14.4. The van der Waals surface area contributed by atoms with Gasteiger partial charge in [0.1, 0.15) is 11.6 Å². The van der Waals surface area contributed by atoms with E-state index in [1.54, 1.807) is 0 Å². The van der Waals surface area contributed by atoms with Crippen LogP contribution in [0.4, 0.5) is 8.78 Å². The monoisotopic (exact) mass is 255 g/mol. The quantitative estimate of drug-likeness (QED) is 0.640. The van der Waals surface area contributed by atoms with Crippen molar-refractivity contribution in [3.8, 4) is 0 Å². The normalized spacial score (nSPS) is 11.8.